The molecule has 0 atom stereocenters. The van der Waals surface area contributed by atoms with Gasteiger partial charge in [-0.3, -0.25) is 19.6 Å². The topological polar surface area (TPSA) is 99.3 Å². The van der Waals surface area contributed by atoms with E-state index >= 15 is 0 Å². The summed E-state index contributed by atoms with van der Waals surface area (Å²) in [4.78, 5) is 22.2. The van der Waals surface area contributed by atoms with Gasteiger partial charge >= 0.3 is 5.69 Å². The molecule has 8 nitrogen and oxygen atoms in total. The van der Waals surface area contributed by atoms with Crippen LogP contribution < -0.4 is 5.32 Å². The number of ether oxygens (including phenoxy) is 1. The zero-order chi connectivity index (χ0) is 16.5. The molecule has 0 fully saturated rings. The molecule has 1 rings (SSSR count). The summed E-state index contributed by atoms with van der Waals surface area (Å²) in [5, 5.41) is 17.7. The highest BCUT2D eigenvalue weighted by molar-refractivity contribution is 5.75. The molecule has 0 bridgehead atoms. The summed E-state index contributed by atoms with van der Waals surface area (Å²) in [6, 6.07) is 0. The van der Waals surface area contributed by atoms with Gasteiger partial charge in [0.1, 0.15) is 17.9 Å². The van der Waals surface area contributed by atoms with Gasteiger partial charge in [-0.2, -0.15) is 5.10 Å². The van der Waals surface area contributed by atoms with E-state index in [0.717, 1.165) is 25.9 Å². The number of nitrogens with one attached hydrogen (secondary N) is 1. The van der Waals surface area contributed by atoms with Crippen LogP contribution in [0.1, 0.15) is 37.6 Å². The molecule has 0 radical (unpaired) electrons. The molecule has 124 valence electrons. The SMILES string of the molecule is CCCCOCCCNC(=O)Cn1nc(C)c([N+](=O)[O-])c1C. The maximum Gasteiger partial charge on any atom is 0.312 e. The molecule has 1 aromatic rings. The number of aryl methyl sites for hydroxylation is 1. The van der Waals surface area contributed by atoms with E-state index in [-0.39, 0.29) is 18.1 Å². The molecule has 22 heavy (non-hydrogen) atoms. The zero-order valence-electron chi connectivity index (χ0n) is 13.4. The molecule has 0 aliphatic rings. The van der Waals surface area contributed by atoms with E-state index in [1.165, 1.54) is 4.68 Å². The lowest BCUT2D eigenvalue weighted by molar-refractivity contribution is -0.386. The Morgan fingerprint density at radius 2 is 2.05 bits per heavy atom. The van der Waals surface area contributed by atoms with E-state index in [2.05, 4.69) is 17.3 Å². The Morgan fingerprint density at radius 1 is 1.36 bits per heavy atom. The first-order valence-electron chi connectivity index (χ1n) is 7.50. The lowest BCUT2D eigenvalue weighted by atomic mass is 10.3. The van der Waals surface area contributed by atoms with Crippen molar-refractivity contribution in [3.8, 4) is 0 Å². The number of carbonyl (C=O) groups is 1. The second-order valence-electron chi connectivity index (χ2n) is 5.10. The van der Waals surface area contributed by atoms with Crippen LogP contribution in [0.5, 0.6) is 0 Å². The van der Waals surface area contributed by atoms with Gasteiger partial charge in [0, 0.05) is 19.8 Å². The van der Waals surface area contributed by atoms with Gasteiger partial charge in [0.15, 0.2) is 0 Å². The average Bonchev–Trinajstić information content (AvgIpc) is 2.72. The normalized spacial score (nSPS) is 10.7. The number of nitrogens with zero attached hydrogens (tertiary/aromatic N) is 3. The zero-order valence-corrected chi connectivity index (χ0v) is 13.4. The third-order valence-electron chi connectivity index (χ3n) is 3.25. The largest absolute Gasteiger partial charge is 0.381 e. The summed E-state index contributed by atoms with van der Waals surface area (Å²) in [5.74, 6) is -0.214. The first kappa shape index (κ1) is 18.1. The number of hydrogen-bond acceptors (Lipinski definition) is 5. The van der Waals surface area contributed by atoms with E-state index in [0.29, 0.717) is 24.5 Å². The molecule has 0 unspecified atom stereocenters. The number of aromatic nitrogens is 2. The quantitative estimate of drug-likeness (QED) is 0.403. The highest BCUT2D eigenvalue weighted by Crippen LogP contribution is 2.21. The van der Waals surface area contributed by atoms with Crippen LogP contribution in [0.2, 0.25) is 0 Å². The maximum absolute atomic E-state index is 11.8. The molecule has 0 spiro atoms. The van der Waals surface area contributed by atoms with Crippen LogP contribution in [0.15, 0.2) is 0 Å². The number of nitro groups is 1. The minimum absolute atomic E-state index is 0.0167. The number of amides is 1. The van der Waals surface area contributed by atoms with Crippen molar-refractivity contribution in [2.24, 2.45) is 0 Å². The van der Waals surface area contributed by atoms with Crippen LogP contribution in [0.25, 0.3) is 0 Å². The van der Waals surface area contributed by atoms with Gasteiger partial charge in [-0.1, -0.05) is 13.3 Å². The van der Waals surface area contributed by atoms with Gasteiger partial charge < -0.3 is 10.1 Å². The number of rotatable bonds is 10. The number of hydrogen-bond donors (Lipinski definition) is 1. The van der Waals surface area contributed by atoms with Crippen molar-refractivity contribution in [1.29, 1.82) is 0 Å². The monoisotopic (exact) mass is 312 g/mol. The standard InChI is InChI=1S/C14H24N4O4/c1-4-5-8-22-9-6-7-15-13(19)10-17-12(3)14(18(20)21)11(2)16-17/h4-10H2,1-3H3,(H,15,19). The van der Waals surface area contributed by atoms with Crippen molar-refractivity contribution >= 4 is 11.6 Å². The van der Waals surface area contributed by atoms with E-state index in [1.54, 1.807) is 13.8 Å². The maximum atomic E-state index is 11.8. The highest BCUT2D eigenvalue weighted by atomic mass is 16.6. The van der Waals surface area contributed by atoms with Crippen molar-refractivity contribution in [3.63, 3.8) is 0 Å². The molecule has 8 heteroatoms. The Morgan fingerprint density at radius 3 is 2.64 bits per heavy atom. The molecular formula is C14H24N4O4. The Hall–Kier alpha value is -1.96. The average molecular weight is 312 g/mol. The molecule has 0 saturated carbocycles. The van der Waals surface area contributed by atoms with Crippen LogP contribution >= 0.6 is 0 Å². The lowest BCUT2D eigenvalue weighted by Crippen LogP contribution is -2.29. The van der Waals surface area contributed by atoms with Crippen LogP contribution in [0.3, 0.4) is 0 Å². The van der Waals surface area contributed by atoms with Gasteiger partial charge in [-0.05, 0) is 26.7 Å². The fourth-order valence-electron chi connectivity index (χ4n) is 2.05. The molecule has 0 aromatic carbocycles. The molecule has 0 aliphatic carbocycles. The third-order valence-corrected chi connectivity index (χ3v) is 3.25. The van der Waals surface area contributed by atoms with Crippen LogP contribution in [0, 0.1) is 24.0 Å². The lowest BCUT2D eigenvalue weighted by Gasteiger charge is -2.07. The summed E-state index contributed by atoms with van der Waals surface area (Å²) in [6.45, 7) is 7.13. The molecule has 0 saturated heterocycles. The smallest absolute Gasteiger partial charge is 0.312 e. The first-order chi connectivity index (χ1) is 10.5. The van der Waals surface area contributed by atoms with Crippen molar-refractivity contribution in [2.75, 3.05) is 19.8 Å². The molecule has 1 heterocycles. The predicted octanol–water partition coefficient (Wildman–Crippen LogP) is 1.73. The Balaban J connectivity index is 2.34. The van der Waals surface area contributed by atoms with Crippen LogP contribution in [-0.2, 0) is 16.1 Å². The summed E-state index contributed by atoms with van der Waals surface area (Å²) < 4.78 is 6.76. The molecule has 0 aliphatic heterocycles. The third kappa shape index (κ3) is 5.44. The van der Waals surface area contributed by atoms with Crippen LogP contribution in [-0.4, -0.2) is 40.4 Å². The van der Waals surface area contributed by atoms with E-state index in [9.17, 15) is 14.9 Å². The fraction of sp³-hybridized carbons (Fsp3) is 0.714. The molecule has 1 amide bonds. The molecule has 1 N–H and O–H groups in total. The second-order valence-corrected chi connectivity index (χ2v) is 5.10. The number of carbonyl (C=O) groups excluding carboxylic acids is 1. The Bertz CT molecular complexity index is 513. The highest BCUT2D eigenvalue weighted by Gasteiger charge is 2.22. The number of unbranched alkanes of at least 4 members (excludes halogenated alkanes) is 1. The summed E-state index contributed by atoms with van der Waals surface area (Å²) in [7, 11) is 0. The van der Waals surface area contributed by atoms with Crippen molar-refractivity contribution in [3.05, 3.63) is 21.5 Å². The van der Waals surface area contributed by atoms with Crippen LogP contribution in [0.4, 0.5) is 5.69 Å². The van der Waals surface area contributed by atoms with Crippen molar-refractivity contribution in [2.45, 2.75) is 46.6 Å². The fourth-order valence-corrected chi connectivity index (χ4v) is 2.05. The molecular weight excluding hydrogens is 288 g/mol. The predicted molar refractivity (Wildman–Crippen MR) is 81.7 cm³/mol. The Kier molecular flexibility index (Phi) is 7.51. The van der Waals surface area contributed by atoms with Gasteiger partial charge in [0.2, 0.25) is 5.91 Å². The molecule has 1 aromatic heterocycles. The minimum Gasteiger partial charge on any atom is -0.381 e. The minimum atomic E-state index is -0.473. The van der Waals surface area contributed by atoms with Crippen molar-refractivity contribution in [1.82, 2.24) is 15.1 Å². The summed E-state index contributed by atoms with van der Waals surface area (Å²) in [5.41, 5.74) is 0.678. The summed E-state index contributed by atoms with van der Waals surface area (Å²) >= 11 is 0. The summed E-state index contributed by atoms with van der Waals surface area (Å²) in [6.07, 6.45) is 2.89. The van der Waals surface area contributed by atoms with E-state index in [1.807, 2.05) is 0 Å². The van der Waals surface area contributed by atoms with Gasteiger partial charge in [-0.15, -0.1) is 0 Å². The first-order valence-corrected chi connectivity index (χ1v) is 7.50. The van der Waals surface area contributed by atoms with E-state index < -0.39 is 4.92 Å². The van der Waals surface area contributed by atoms with Gasteiger partial charge in [0.25, 0.3) is 0 Å². The Labute approximate surface area is 130 Å². The van der Waals surface area contributed by atoms with Crippen molar-refractivity contribution < 1.29 is 14.5 Å². The van der Waals surface area contributed by atoms with Gasteiger partial charge in [-0.25, -0.2) is 0 Å². The van der Waals surface area contributed by atoms with Gasteiger partial charge in [0.05, 0.1) is 4.92 Å². The second kappa shape index (κ2) is 9.14. The van der Waals surface area contributed by atoms with E-state index in [4.69, 9.17) is 4.74 Å².